The Morgan fingerprint density at radius 2 is 1.62 bits per heavy atom. The van der Waals surface area contributed by atoms with Crippen LogP contribution in [0.5, 0.6) is 0 Å². The molecular weight excluding hydrogens is 160 g/mol. The van der Waals surface area contributed by atoms with Gasteiger partial charge in [-0.25, -0.2) is 0 Å². The highest BCUT2D eigenvalue weighted by Gasteiger charge is 2.18. The van der Waals surface area contributed by atoms with Crippen molar-refractivity contribution in [2.24, 2.45) is 17.8 Å². The molecule has 0 aromatic carbocycles. The van der Waals surface area contributed by atoms with E-state index in [1.165, 1.54) is 6.42 Å². The first-order chi connectivity index (χ1) is 5.99. The van der Waals surface area contributed by atoms with E-state index in [9.17, 15) is 4.79 Å². The highest BCUT2D eigenvalue weighted by atomic mass is 16.1. The lowest BCUT2D eigenvalue weighted by molar-refractivity contribution is -0.126. The molecule has 0 aromatic rings. The number of hydrogen-bond acceptors (Lipinski definition) is 1. The first kappa shape index (κ1) is 12.7. The Bertz CT molecular complexity index is 147. The van der Waals surface area contributed by atoms with E-state index in [1.54, 1.807) is 0 Å². The Balaban J connectivity index is 3.95. The lowest BCUT2D eigenvalue weighted by atomic mass is 9.87. The monoisotopic (exact) mass is 184 g/mol. The number of carbonyl (C=O) groups is 1. The van der Waals surface area contributed by atoms with Gasteiger partial charge in [-0.2, -0.15) is 0 Å². The van der Waals surface area contributed by atoms with Crippen LogP contribution in [0.3, 0.4) is 0 Å². The van der Waals surface area contributed by atoms with Gasteiger partial charge >= 0.3 is 0 Å². The Morgan fingerprint density at radius 1 is 1.08 bits per heavy atom. The Kier molecular flexibility index (Phi) is 6.02. The third-order valence-electron chi connectivity index (χ3n) is 2.56. The second kappa shape index (κ2) is 6.17. The van der Waals surface area contributed by atoms with Crippen molar-refractivity contribution in [1.82, 2.24) is 0 Å². The summed E-state index contributed by atoms with van der Waals surface area (Å²) in [5, 5.41) is 0. The number of ketones is 1. The van der Waals surface area contributed by atoms with Gasteiger partial charge in [0.05, 0.1) is 0 Å². The summed E-state index contributed by atoms with van der Waals surface area (Å²) in [6, 6.07) is 0. The fourth-order valence-electron chi connectivity index (χ4n) is 1.55. The molecule has 0 aliphatic heterocycles. The maximum Gasteiger partial charge on any atom is 0.138 e. The van der Waals surface area contributed by atoms with Gasteiger partial charge in [-0.05, 0) is 18.8 Å². The lowest BCUT2D eigenvalue weighted by Gasteiger charge is -2.16. The van der Waals surface area contributed by atoms with Crippen molar-refractivity contribution in [2.75, 3.05) is 0 Å². The molecule has 0 aliphatic carbocycles. The molecule has 0 aromatic heterocycles. The van der Waals surface area contributed by atoms with Crippen LogP contribution in [0.1, 0.15) is 53.9 Å². The number of carbonyl (C=O) groups excluding carboxylic acids is 1. The van der Waals surface area contributed by atoms with Crippen LogP contribution >= 0.6 is 0 Å². The summed E-state index contributed by atoms with van der Waals surface area (Å²) < 4.78 is 0. The fourth-order valence-corrected chi connectivity index (χ4v) is 1.55. The van der Waals surface area contributed by atoms with E-state index in [1.807, 2.05) is 13.8 Å². The van der Waals surface area contributed by atoms with Crippen LogP contribution in [0.25, 0.3) is 0 Å². The van der Waals surface area contributed by atoms with E-state index in [-0.39, 0.29) is 5.92 Å². The van der Waals surface area contributed by atoms with Gasteiger partial charge in [0.25, 0.3) is 0 Å². The van der Waals surface area contributed by atoms with Crippen LogP contribution in [0.2, 0.25) is 0 Å². The average Bonchev–Trinajstić information content (AvgIpc) is 2.04. The predicted octanol–water partition coefficient (Wildman–Crippen LogP) is 3.67. The quantitative estimate of drug-likeness (QED) is 0.615. The maximum atomic E-state index is 11.7. The highest BCUT2D eigenvalue weighted by molar-refractivity contribution is 5.82. The molecule has 0 radical (unpaired) electrons. The maximum absolute atomic E-state index is 11.7. The van der Waals surface area contributed by atoms with Gasteiger partial charge in [-0.1, -0.05) is 41.0 Å². The molecule has 0 aliphatic rings. The lowest BCUT2D eigenvalue weighted by Crippen LogP contribution is -2.19. The normalized spacial score (nSPS) is 13.8. The molecule has 0 rings (SSSR count). The summed E-state index contributed by atoms with van der Waals surface area (Å²) in [5.74, 6) is 1.68. The van der Waals surface area contributed by atoms with E-state index in [0.29, 0.717) is 17.6 Å². The summed E-state index contributed by atoms with van der Waals surface area (Å²) in [6.45, 7) is 10.5. The molecule has 1 heteroatoms. The number of hydrogen-bond donors (Lipinski definition) is 0. The van der Waals surface area contributed by atoms with Gasteiger partial charge < -0.3 is 0 Å². The Morgan fingerprint density at radius 3 is 1.92 bits per heavy atom. The first-order valence-electron chi connectivity index (χ1n) is 5.52. The third kappa shape index (κ3) is 5.07. The molecule has 0 amide bonds. The van der Waals surface area contributed by atoms with E-state index < -0.39 is 0 Å². The van der Waals surface area contributed by atoms with Crippen LogP contribution in [-0.4, -0.2) is 5.78 Å². The summed E-state index contributed by atoms with van der Waals surface area (Å²) >= 11 is 0. The number of Topliss-reactive ketones (excluding diaryl/α,β-unsaturated/α-hetero) is 1. The minimum atomic E-state index is 0.206. The van der Waals surface area contributed by atoms with Crippen molar-refractivity contribution in [3.8, 4) is 0 Å². The van der Waals surface area contributed by atoms with Gasteiger partial charge in [0, 0.05) is 11.8 Å². The van der Waals surface area contributed by atoms with E-state index >= 15 is 0 Å². The minimum absolute atomic E-state index is 0.206. The van der Waals surface area contributed by atoms with Gasteiger partial charge in [-0.3, -0.25) is 4.79 Å². The van der Waals surface area contributed by atoms with Gasteiger partial charge in [0.2, 0.25) is 0 Å². The van der Waals surface area contributed by atoms with Gasteiger partial charge in [0.15, 0.2) is 0 Å². The summed E-state index contributed by atoms with van der Waals surface area (Å²) in [6.07, 6.45) is 3.26. The van der Waals surface area contributed by atoms with Gasteiger partial charge in [-0.15, -0.1) is 0 Å². The van der Waals surface area contributed by atoms with Crippen LogP contribution in [0.15, 0.2) is 0 Å². The molecule has 1 nitrogen and oxygen atoms in total. The van der Waals surface area contributed by atoms with Crippen LogP contribution in [-0.2, 0) is 4.79 Å². The van der Waals surface area contributed by atoms with Crippen molar-refractivity contribution in [1.29, 1.82) is 0 Å². The SMILES string of the molecule is CCC(CCC(C)C)C(=O)C(C)C. The standard InChI is InChI=1S/C12H24O/c1-6-11(8-7-9(2)3)12(13)10(4)5/h9-11H,6-8H2,1-5H3. The zero-order valence-corrected chi connectivity index (χ0v) is 9.76. The largest absolute Gasteiger partial charge is 0.299 e. The molecular formula is C12H24O. The molecule has 1 unspecified atom stereocenters. The van der Waals surface area contributed by atoms with Crippen molar-refractivity contribution >= 4 is 5.78 Å². The van der Waals surface area contributed by atoms with Crippen molar-refractivity contribution in [3.05, 3.63) is 0 Å². The molecule has 0 bridgehead atoms. The van der Waals surface area contributed by atoms with Crippen molar-refractivity contribution < 1.29 is 4.79 Å². The molecule has 0 saturated carbocycles. The smallest absolute Gasteiger partial charge is 0.138 e. The minimum Gasteiger partial charge on any atom is -0.299 e. The van der Waals surface area contributed by atoms with Crippen LogP contribution in [0, 0.1) is 17.8 Å². The molecule has 78 valence electrons. The highest BCUT2D eigenvalue weighted by Crippen LogP contribution is 2.19. The second-order valence-electron chi connectivity index (χ2n) is 4.63. The Labute approximate surface area is 82.9 Å². The van der Waals surface area contributed by atoms with Crippen molar-refractivity contribution in [3.63, 3.8) is 0 Å². The topological polar surface area (TPSA) is 17.1 Å². The fraction of sp³-hybridized carbons (Fsp3) is 0.917. The zero-order valence-electron chi connectivity index (χ0n) is 9.76. The zero-order chi connectivity index (χ0) is 10.4. The molecule has 0 N–H and O–H groups in total. The molecule has 0 spiro atoms. The van der Waals surface area contributed by atoms with E-state index in [2.05, 4.69) is 20.8 Å². The second-order valence-corrected chi connectivity index (χ2v) is 4.63. The third-order valence-corrected chi connectivity index (χ3v) is 2.56. The summed E-state index contributed by atoms with van der Waals surface area (Å²) in [5.41, 5.74) is 0. The first-order valence-corrected chi connectivity index (χ1v) is 5.52. The number of rotatable bonds is 6. The van der Waals surface area contributed by atoms with Gasteiger partial charge in [0.1, 0.15) is 5.78 Å². The van der Waals surface area contributed by atoms with E-state index in [0.717, 1.165) is 12.8 Å². The van der Waals surface area contributed by atoms with Crippen molar-refractivity contribution in [2.45, 2.75) is 53.9 Å². The average molecular weight is 184 g/mol. The summed E-state index contributed by atoms with van der Waals surface area (Å²) in [4.78, 5) is 11.7. The molecule has 1 atom stereocenters. The molecule has 13 heavy (non-hydrogen) atoms. The van der Waals surface area contributed by atoms with Crippen LogP contribution < -0.4 is 0 Å². The molecule has 0 saturated heterocycles. The summed E-state index contributed by atoms with van der Waals surface area (Å²) in [7, 11) is 0. The molecule has 0 fully saturated rings. The molecule has 0 heterocycles. The van der Waals surface area contributed by atoms with E-state index in [4.69, 9.17) is 0 Å². The van der Waals surface area contributed by atoms with Crippen LogP contribution in [0.4, 0.5) is 0 Å². The Hall–Kier alpha value is -0.330. The predicted molar refractivity (Wildman–Crippen MR) is 57.7 cm³/mol.